The second-order valence-electron chi connectivity index (χ2n) is 4.61. The first-order valence-corrected chi connectivity index (χ1v) is 5.23. The largest absolute Gasteiger partial charge is 0.375 e. The number of hydrogen-bond donors (Lipinski definition) is 1. The van der Waals surface area contributed by atoms with Crippen LogP contribution in [0.2, 0.25) is 0 Å². The van der Waals surface area contributed by atoms with Crippen LogP contribution in [0.5, 0.6) is 0 Å². The first kappa shape index (κ1) is 11.2. The topological polar surface area (TPSA) is 12.0 Å². The maximum atomic E-state index is 5.28. The molecule has 2 heteroatoms. The maximum absolute atomic E-state index is 5.28. The van der Waals surface area contributed by atoms with Gasteiger partial charge in [-0.2, -0.15) is 0 Å². The first-order chi connectivity index (χ1) is 6.49. The molecule has 14 heavy (non-hydrogen) atoms. The van der Waals surface area contributed by atoms with Gasteiger partial charge in [-0.1, -0.05) is 63.3 Å². The predicted octanol–water partition coefficient (Wildman–Crippen LogP) is 3.00. The van der Waals surface area contributed by atoms with Crippen molar-refractivity contribution in [2.24, 2.45) is 5.41 Å². The Morgan fingerprint density at radius 1 is 1.21 bits per heavy atom. The average Bonchev–Trinajstić information content (AvgIpc) is 2.14. The fraction of sp³-hybridized carbons (Fsp3) is 0.417. The van der Waals surface area contributed by atoms with Crippen LogP contribution in [0, 0.1) is 5.41 Å². The molecule has 0 bridgehead atoms. The normalized spacial score (nSPS) is 11.1. The summed E-state index contributed by atoms with van der Waals surface area (Å²) < 4.78 is 0. The molecule has 0 aliphatic heterocycles. The van der Waals surface area contributed by atoms with Crippen LogP contribution in [0.3, 0.4) is 0 Å². The van der Waals surface area contributed by atoms with E-state index >= 15 is 0 Å². The SMILES string of the molecule is CC(C)(C)CNC(=S)c1ccccc1. The fourth-order valence-electron chi connectivity index (χ4n) is 1.04. The monoisotopic (exact) mass is 207 g/mol. The minimum absolute atomic E-state index is 0.263. The summed E-state index contributed by atoms with van der Waals surface area (Å²) in [5.74, 6) is 0. The smallest absolute Gasteiger partial charge is 0.106 e. The van der Waals surface area contributed by atoms with Crippen LogP contribution in [0.1, 0.15) is 26.3 Å². The van der Waals surface area contributed by atoms with Gasteiger partial charge in [0.15, 0.2) is 0 Å². The quantitative estimate of drug-likeness (QED) is 0.748. The Labute approximate surface area is 91.5 Å². The van der Waals surface area contributed by atoms with E-state index < -0.39 is 0 Å². The fourth-order valence-corrected chi connectivity index (χ4v) is 1.25. The van der Waals surface area contributed by atoms with E-state index in [0.717, 1.165) is 17.1 Å². The van der Waals surface area contributed by atoms with Crippen molar-refractivity contribution in [2.45, 2.75) is 20.8 Å². The molecule has 0 radical (unpaired) electrons. The van der Waals surface area contributed by atoms with Crippen LogP contribution in [0.25, 0.3) is 0 Å². The van der Waals surface area contributed by atoms with Gasteiger partial charge in [-0.05, 0) is 5.41 Å². The van der Waals surface area contributed by atoms with Crippen LogP contribution in [0.4, 0.5) is 0 Å². The molecule has 0 unspecified atom stereocenters. The van der Waals surface area contributed by atoms with Crippen molar-refractivity contribution in [2.75, 3.05) is 6.54 Å². The molecule has 0 fully saturated rings. The standard InChI is InChI=1S/C12H17NS/c1-12(2,3)9-13-11(14)10-7-5-4-6-8-10/h4-8H,9H2,1-3H3,(H,13,14). The summed E-state index contributed by atoms with van der Waals surface area (Å²) in [7, 11) is 0. The van der Waals surface area contributed by atoms with Gasteiger partial charge in [-0.3, -0.25) is 0 Å². The Morgan fingerprint density at radius 2 is 1.79 bits per heavy atom. The molecule has 76 valence electrons. The van der Waals surface area contributed by atoms with Gasteiger partial charge in [-0.15, -0.1) is 0 Å². The lowest BCUT2D eigenvalue weighted by Gasteiger charge is -2.19. The highest BCUT2D eigenvalue weighted by atomic mass is 32.1. The van der Waals surface area contributed by atoms with E-state index in [2.05, 4.69) is 26.1 Å². The summed E-state index contributed by atoms with van der Waals surface area (Å²) >= 11 is 5.28. The molecule has 0 aromatic heterocycles. The lowest BCUT2D eigenvalue weighted by molar-refractivity contribution is 0.410. The van der Waals surface area contributed by atoms with E-state index in [4.69, 9.17) is 12.2 Å². The molecular formula is C12H17NS. The van der Waals surface area contributed by atoms with Gasteiger partial charge in [0.25, 0.3) is 0 Å². The lowest BCUT2D eigenvalue weighted by Crippen LogP contribution is -2.31. The minimum Gasteiger partial charge on any atom is -0.375 e. The number of nitrogens with one attached hydrogen (secondary N) is 1. The lowest BCUT2D eigenvalue weighted by atomic mass is 9.97. The number of hydrogen-bond acceptors (Lipinski definition) is 1. The zero-order valence-corrected chi connectivity index (χ0v) is 9.82. The van der Waals surface area contributed by atoms with Crippen LogP contribution in [-0.4, -0.2) is 11.5 Å². The summed E-state index contributed by atoms with van der Waals surface area (Å²) in [6, 6.07) is 10.0. The molecule has 1 aromatic rings. The van der Waals surface area contributed by atoms with Crippen LogP contribution in [-0.2, 0) is 0 Å². The average molecular weight is 207 g/mol. The molecule has 0 heterocycles. The van der Waals surface area contributed by atoms with Gasteiger partial charge in [0.2, 0.25) is 0 Å². The highest BCUT2D eigenvalue weighted by Gasteiger charge is 2.10. The van der Waals surface area contributed by atoms with Crippen molar-refractivity contribution in [1.82, 2.24) is 5.32 Å². The van der Waals surface area contributed by atoms with Crippen molar-refractivity contribution in [1.29, 1.82) is 0 Å². The molecule has 1 rings (SSSR count). The van der Waals surface area contributed by atoms with E-state index in [-0.39, 0.29) is 5.41 Å². The van der Waals surface area contributed by atoms with E-state index in [0.29, 0.717) is 0 Å². The van der Waals surface area contributed by atoms with Gasteiger partial charge in [0, 0.05) is 12.1 Å². The Morgan fingerprint density at radius 3 is 2.29 bits per heavy atom. The molecule has 0 atom stereocenters. The molecule has 0 aliphatic carbocycles. The molecular weight excluding hydrogens is 190 g/mol. The highest BCUT2D eigenvalue weighted by molar-refractivity contribution is 7.80. The van der Waals surface area contributed by atoms with Crippen molar-refractivity contribution in [3.05, 3.63) is 35.9 Å². The van der Waals surface area contributed by atoms with Crippen LogP contribution in [0.15, 0.2) is 30.3 Å². The van der Waals surface area contributed by atoms with Gasteiger partial charge in [0.05, 0.1) is 0 Å². The van der Waals surface area contributed by atoms with Crippen molar-refractivity contribution >= 4 is 17.2 Å². The highest BCUT2D eigenvalue weighted by Crippen LogP contribution is 2.11. The second kappa shape index (κ2) is 4.56. The van der Waals surface area contributed by atoms with Crippen LogP contribution >= 0.6 is 12.2 Å². The van der Waals surface area contributed by atoms with Gasteiger partial charge >= 0.3 is 0 Å². The third-order valence-corrected chi connectivity index (χ3v) is 2.20. The number of benzene rings is 1. The van der Waals surface area contributed by atoms with E-state index in [1.54, 1.807) is 0 Å². The molecule has 0 saturated carbocycles. The number of rotatable bonds is 2. The van der Waals surface area contributed by atoms with E-state index in [9.17, 15) is 0 Å². The molecule has 0 aliphatic rings. The summed E-state index contributed by atoms with van der Waals surface area (Å²) in [5.41, 5.74) is 1.35. The van der Waals surface area contributed by atoms with E-state index in [1.165, 1.54) is 0 Å². The zero-order chi connectivity index (χ0) is 10.6. The van der Waals surface area contributed by atoms with Gasteiger partial charge in [-0.25, -0.2) is 0 Å². The predicted molar refractivity (Wildman–Crippen MR) is 65.6 cm³/mol. The Kier molecular flexibility index (Phi) is 3.64. The summed E-state index contributed by atoms with van der Waals surface area (Å²) in [6.45, 7) is 7.47. The molecule has 1 nitrogen and oxygen atoms in total. The third-order valence-electron chi connectivity index (χ3n) is 1.82. The van der Waals surface area contributed by atoms with Gasteiger partial charge < -0.3 is 5.32 Å². The maximum Gasteiger partial charge on any atom is 0.106 e. The van der Waals surface area contributed by atoms with Crippen LogP contribution < -0.4 is 5.32 Å². The molecule has 1 N–H and O–H groups in total. The Hall–Kier alpha value is -0.890. The molecule has 0 saturated heterocycles. The van der Waals surface area contributed by atoms with Crippen molar-refractivity contribution < 1.29 is 0 Å². The van der Waals surface area contributed by atoms with Crippen molar-refractivity contribution in [3.8, 4) is 0 Å². The van der Waals surface area contributed by atoms with E-state index in [1.807, 2.05) is 30.3 Å². The first-order valence-electron chi connectivity index (χ1n) is 4.82. The minimum atomic E-state index is 0.263. The molecule has 0 amide bonds. The Bertz CT molecular complexity index is 298. The summed E-state index contributed by atoms with van der Waals surface area (Å²) in [5, 5.41) is 3.27. The molecule has 0 spiro atoms. The Balaban J connectivity index is 2.52. The van der Waals surface area contributed by atoms with Crippen molar-refractivity contribution in [3.63, 3.8) is 0 Å². The summed E-state index contributed by atoms with van der Waals surface area (Å²) in [6.07, 6.45) is 0. The van der Waals surface area contributed by atoms with Gasteiger partial charge in [0.1, 0.15) is 4.99 Å². The summed E-state index contributed by atoms with van der Waals surface area (Å²) in [4.78, 5) is 0.834. The molecule has 1 aromatic carbocycles. The second-order valence-corrected chi connectivity index (χ2v) is 5.02. The zero-order valence-electron chi connectivity index (χ0n) is 9.00. The number of thiocarbonyl (C=S) groups is 1. The third kappa shape index (κ3) is 3.88.